The summed E-state index contributed by atoms with van der Waals surface area (Å²) in [4.78, 5) is 12.0. The topological polar surface area (TPSA) is 41.1 Å². The summed E-state index contributed by atoms with van der Waals surface area (Å²) in [5.41, 5.74) is 2.70. The zero-order valence-corrected chi connectivity index (χ0v) is 12.2. The van der Waals surface area contributed by atoms with Gasteiger partial charge in [-0.05, 0) is 46.1 Å². The summed E-state index contributed by atoms with van der Waals surface area (Å²) in [6.45, 7) is 2.06. The van der Waals surface area contributed by atoms with Crippen LogP contribution in [0.2, 0.25) is 0 Å². The molecule has 2 amide bonds. The predicted molar refractivity (Wildman–Crippen MR) is 82.6 cm³/mol. The molecule has 2 aromatic carbocycles. The van der Waals surface area contributed by atoms with Gasteiger partial charge >= 0.3 is 6.03 Å². The van der Waals surface area contributed by atoms with Crippen LogP contribution < -0.4 is 10.6 Å². The van der Waals surface area contributed by atoms with Gasteiger partial charge in [-0.3, -0.25) is 0 Å². The van der Waals surface area contributed by atoms with Gasteiger partial charge < -0.3 is 10.6 Å². The maximum atomic E-state index is 12.0. The lowest BCUT2D eigenvalue weighted by Gasteiger charge is -2.11. The second-order valence-corrected chi connectivity index (χ2v) is 4.92. The molecule has 2 aromatic rings. The number of carbonyl (C=O) groups is 1. The molecule has 0 atom stereocenters. The smallest absolute Gasteiger partial charge is 0.307 e. The molecular weight excluding hydrogens is 304 g/mol. The van der Waals surface area contributed by atoms with Gasteiger partial charge in [0.25, 0.3) is 0 Å². The number of anilines is 2. The van der Waals surface area contributed by atoms with E-state index in [2.05, 4.69) is 33.5 Å². The first-order valence-electron chi connectivity index (χ1n) is 6.11. The Morgan fingerprint density at radius 2 is 1.58 bits per heavy atom. The number of benzene rings is 2. The Balaban J connectivity index is 2.08. The fourth-order valence-electron chi connectivity index (χ4n) is 1.79. The van der Waals surface area contributed by atoms with Crippen LogP contribution >= 0.6 is 15.9 Å². The molecule has 98 valence electrons. The summed E-state index contributed by atoms with van der Waals surface area (Å²) in [6, 6.07) is 15.0. The van der Waals surface area contributed by atoms with Crippen LogP contribution in [0, 0.1) is 0 Å². The van der Waals surface area contributed by atoms with Crippen molar-refractivity contribution >= 4 is 33.3 Å². The van der Waals surface area contributed by atoms with E-state index >= 15 is 0 Å². The van der Waals surface area contributed by atoms with Crippen LogP contribution in [-0.2, 0) is 6.42 Å². The average Bonchev–Trinajstić information content (AvgIpc) is 2.42. The van der Waals surface area contributed by atoms with Gasteiger partial charge in [0.15, 0.2) is 0 Å². The molecule has 0 saturated carbocycles. The molecule has 0 spiro atoms. The molecule has 0 heterocycles. The molecule has 0 aromatic heterocycles. The highest BCUT2D eigenvalue weighted by Crippen LogP contribution is 2.22. The highest BCUT2D eigenvalue weighted by Gasteiger charge is 2.07. The van der Waals surface area contributed by atoms with E-state index in [1.54, 1.807) is 0 Å². The Labute approximate surface area is 121 Å². The van der Waals surface area contributed by atoms with Crippen LogP contribution in [0.25, 0.3) is 0 Å². The third-order valence-electron chi connectivity index (χ3n) is 2.77. The van der Waals surface area contributed by atoms with E-state index in [0.717, 1.165) is 27.8 Å². The van der Waals surface area contributed by atoms with Crippen LogP contribution in [0.1, 0.15) is 12.5 Å². The van der Waals surface area contributed by atoms with E-state index in [1.165, 1.54) is 0 Å². The maximum absolute atomic E-state index is 12.0. The number of rotatable bonds is 3. The van der Waals surface area contributed by atoms with E-state index < -0.39 is 0 Å². The van der Waals surface area contributed by atoms with Crippen molar-refractivity contribution in [3.63, 3.8) is 0 Å². The third-order valence-corrected chi connectivity index (χ3v) is 3.46. The average molecular weight is 319 g/mol. The van der Waals surface area contributed by atoms with Gasteiger partial charge in [0.1, 0.15) is 0 Å². The molecular formula is C15H15BrN2O. The number of nitrogens with one attached hydrogen (secondary N) is 2. The molecule has 2 N–H and O–H groups in total. The van der Waals surface area contributed by atoms with Crippen molar-refractivity contribution < 1.29 is 4.79 Å². The highest BCUT2D eigenvalue weighted by atomic mass is 79.9. The molecule has 0 radical (unpaired) electrons. The number of hydrogen-bond acceptors (Lipinski definition) is 1. The molecule has 0 unspecified atom stereocenters. The van der Waals surface area contributed by atoms with Gasteiger partial charge in [-0.15, -0.1) is 0 Å². The van der Waals surface area contributed by atoms with Crippen LogP contribution in [0.3, 0.4) is 0 Å². The summed E-state index contributed by atoms with van der Waals surface area (Å²) in [5.74, 6) is 0. The predicted octanol–water partition coefficient (Wildman–Crippen LogP) is 4.66. The zero-order valence-electron chi connectivity index (χ0n) is 10.6. The summed E-state index contributed by atoms with van der Waals surface area (Å²) in [5, 5.41) is 5.68. The lowest BCUT2D eigenvalue weighted by molar-refractivity contribution is 0.262. The van der Waals surface area contributed by atoms with E-state index in [9.17, 15) is 4.79 Å². The van der Waals surface area contributed by atoms with Gasteiger partial charge in [-0.25, -0.2) is 4.79 Å². The molecule has 0 bridgehead atoms. The number of para-hydroxylation sites is 2. The quantitative estimate of drug-likeness (QED) is 0.849. The fraction of sp³-hybridized carbons (Fsp3) is 0.133. The Bertz CT molecular complexity index is 584. The molecule has 2 rings (SSSR count). The van der Waals surface area contributed by atoms with Crippen molar-refractivity contribution in [1.82, 2.24) is 0 Å². The summed E-state index contributed by atoms with van der Waals surface area (Å²) in [6.07, 6.45) is 0.880. The summed E-state index contributed by atoms with van der Waals surface area (Å²) >= 11 is 3.40. The first kappa shape index (κ1) is 13.6. The van der Waals surface area contributed by atoms with Crippen molar-refractivity contribution in [2.24, 2.45) is 0 Å². The van der Waals surface area contributed by atoms with Gasteiger partial charge in [-0.1, -0.05) is 37.3 Å². The monoisotopic (exact) mass is 318 g/mol. The number of amides is 2. The van der Waals surface area contributed by atoms with Crippen LogP contribution in [0.5, 0.6) is 0 Å². The van der Waals surface area contributed by atoms with Crippen molar-refractivity contribution in [2.75, 3.05) is 10.6 Å². The molecule has 0 aliphatic rings. The van der Waals surface area contributed by atoms with Crippen molar-refractivity contribution in [3.8, 4) is 0 Å². The van der Waals surface area contributed by atoms with Crippen LogP contribution in [0.15, 0.2) is 53.0 Å². The molecule has 0 aliphatic heterocycles. The lowest BCUT2D eigenvalue weighted by atomic mass is 10.1. The van der Waals surface area contributed by atoms with E-state index in [4.69, 9.17) is 0 Å². The molecule has 19 heavy (non-hydrogen) atoms. The second kappa shape index (κ2) is 6.38. The Morgan fingerprint density at radius 3 is 2.26 bits per heavy atom. The minimum atomic E-state index is -0.243. The minimum Gasteiger partial charge on any atom is -0.307 e. The Hall–Kier alpha value is -1.81. The van der Waals surface area contributed by atoms with Crippen LogP contribution in [-0.4, -0.2) is 6.03 Å². The first-order valence-corrected chi connectivity index (χ1v) is 6.90. The highest BCUT2D eigenvalue weighted by molar-refractivity contribution is 9.10. The van der Waals surface area contributed by atoms with E-state index in [-0.39, 0.29) is 6.03 Å². The standard InChI is InChI=1S/C15H15BrN2O/c1-2-11-7-3-5-9-13(11)17-15(19)18-14-10-6-4-8-12(14)16/h3-10H,2H2,1H3,(H2,17,18,19). The SMILES string of the molecule is CCc1ccccc1NC(=O)Nc1ccccc1Br. The maximum Gasteiger partial charge on any atom is 0.323 e. The van der Waals surface area contributed by atoms with Gasteiger partial charge in [0.05, 0.1) is 5.69 Å². The normalized spacial score (nSPS) is 10.0. The zero-order chi connectivity index (χ0) is 13.7. The fourth-order valence-corrected chi connectivity index (χ4v) is 2.17. The first-order chi connectivity index (χ1) is 9.20. The number of aryl methyl sites for hydroxylation is 1. The molecule has 0 saturated heterocycles. The van der Waals surface area contributed by atoms with Crippen molar-refractivity contribution in [1.29, 1.82) is 0 Å². The van der Waals surface area contributed by atoms with Gasteiger partial charge in [-0.2, -0.15) is 0 Å². The molecule has 0 aliphatic carbocycles. The molecule has 3 nitrogen and oxygen atoms in total. The number of hydrogen-bond donors (Lipinski definition) is 2. The third kappa shape index (κ3) is 3.58. The Kier molecular flexibility index (Phi) is 4.58. The van der Waals surface area contributed by atoms with E-state index in [0.29, 0.717) is 0 Å². The summed E-state index contributed by atoms with van der Waals surface area (Å²) < 4.78 is 0.855. The Morgan fingerprint density at radius 1 is 1.00 bits per heavy atom. The van der Waals surface area contributed by atoms with Crippen LogP contribution in [0.4, 0.5) is 16.2 Å². The summed E-state index contributed by atoms with van der Waals surface area (Å²) in [7, 11) is 0. The van der Waals surface area contributed by atoms with Gasteiger partial charge in [0, 0.05) is 10.2 Å². The lowest BCUT2D eigenvalue weighted by Crippen LogP contribution is -2.20. The van der Waals surface area contributed by atoms with Crippen molar-refractivity contribution in [2.45, 2.75) is 13.3 Å². The second-order valence-electron chi connectivity index (χ2n) is 4.07. The van der Waals surface area contributed by atoms with E-state index in [1.807, 2.05) is 48.5 Å². The number of urea groups is 1. The minimum absolute atomic E-state index is 0.243. The largest absolute Gasteiger partial charge is 0.323 e. The number of halogens is 1. The molecule has 0 fully saturated rings. The number of carbonyl (C=O) groups excluding carboxylic acids is 1. The van der Waals surface area contributed by atoms with Gasteiger partial charge in [0.2, 0.25) is 0 Å². The molecule has 4 heteroatoms. The van der Waals surface area contributed by atoms with Crippen molar-refractivity contribution in [3.05, 3.63) is 58.6 Å².